The van der Waals surface area contributed by atoms with E-state index in [0.29, 0.717) is 12.8 Å². The smallest absolute Gasteiger partial charge is 0.220 e. The number of ether oxygens (including phenoxy) is 6. The molecule has 1 amide bonds. The molecule has 3 fully saturated rings. The van der Waals surface area contributed by atoms with Gasteiger partial charge < -0.3 is 89.9 Å². The van der Waals surface area contributed by atoms with Crippen LogP contribution in [-0.4, -0.2) is 193 Å². The van der Waals surface area contributed by atoms with Gasteiger partial charge in [0, 0.05) is 6.42 Å². The maximum atomic E-state index is 13.4. The lowest BCUT2D eigenvalue weighted by Gasteiger charge is -2.48. The van der Waals surface area contributed by atoms with E-state index < -0.39 is 124 Å². The fourth-order valence-corrected chi connectivity index (χ4v) is 13.0. The lowest BCUT2D eigenvalue weighted by atomic mass is 9.96. The van der Waals surface area contributed by atoms with Gasteiger partial charge in [-0.3, -0.25) is 4.79 Å². The Labute approximate surface area is 568 Å². The molecule has 3 rings (SSSR count). The quantitative estimate of drug-likeness (QED) is 0.0199. The van der Waals surface area contributed by atoms with Gasteiger partial charge in [0.25, 0.3) is 0 Å². The van der Waals surface area contributed by atoms with Crippen LogP contribution in [0.1, 0.15) is 303 Å². The summed E-state index contributed by atoms with van der Waals surface area (Å²) in [6.07, 6.45) is 41.4. The molecule has 3 saturated heterocycles. The minimum absolute atomic E-state index is 0.231. The van der Waals surface area contributed by atoms with Gasteiger partial charge in [-0.2, -0.15) is 0 Å². The Balaban J connectivity index is 1.40. The summed E-state index contributed by atoms with van der Waals surface area (Å²) >= 11 is 0. The average Bonchev–Trinajstić information content (AvgIpc) is 0.787. The molecule has 19 nitrogen and oxygen atoms in total. The number of amides is 1. The van der Waals surface area contributed by atoms with Crippen molar-refractivity contribution in [3.8, 4) is 0 Å². The molecule has 3 aliphatic heterocycles. The van der Waals surface area contributed by atoms with E-state index in [1.165, 1.54) is 218 Å². The fraction of sp³-hybridized carbons (Fsp3) is 0.907. The first kappa shape index (κ1) is 86.2. The largest absolute Gasteiger partial charge is 0.394 e. The molecule has 19 heteroatoms. The summed E-state index contributed by atoms with van der Waals surface area (Å²) in [5.74, 6) is -0.287. The molecule has 0 aromatic heterocycles. The third-order valence-corrected chi connectivity index (χ3v) is 19.2. The van der Waals surface area contributed by atoms with Crippen molar-refractivity contribution < 1.29 is 89.4 Å². The fourth-order valence-electron chi connectivity index (χ4n) is 13.0. The molecule has 0 spiro atoms. The number of nitrogens with one attached hydrogen (secondary N) is 1. The number of allylic oxidation sites excluding steroid dienone is 5. The Bertz CT molecular complexity index is 1840. The number of carbonyl (C=O) groups excluding carboxylic acids is 1. The molecule has 0 aromatic rings. The Morgan fingerprint density at radius 2 is 0.681 bits per heavy atom. The number of hydrogen-bond donors (Lipinski definition) is 12. The Kier molecular flexibility index (Phi) is 52.0. The van der Waals surface area contributed by atoms with Crippen LogP contribution in [0.25, 0.3) is 0 Å². The lowest BCUT2D eigenvalue weighted by molar-refractivity contribution is -0.379. The number of aliphatic hydroxyl groups is 11. The Hall–Kier alpha value is -1.99. The van der Waals surface area contributed by atoms with E-state index in [4.69, 9.17) is 28.4 Å². The van der Waals surface area contributed by atoms with E-state index in [9.17, 15) is 61.0 Å². The van der Waals surface area contributed by atoms with Crippen molar-refractivity contribution in [2.24, 2.45) is 0 Å². The first-order chi connectivity index (χ1) is 45.8. The number of hydrogen-bond acceptors (Lipinski definition) is 18. The molecule has 17 atom stereocenters. The van der Waals surface area contributed by atoms with Gasteiger partial charge in [0.2, 0.25) is 5.91 Å². The summed E-state index contributed by atoms with van der Waals surface area (Å²) in [6, 6.07) is -0.993. The van der Waals surface area contributed by atoms with Crippen molar-refractivity contribution in [3.05, 3.63) is 36.5 Å². The third-order valence-electron chi connectivity index (χ3n) is 19.2. The highest BCUT2D eigenvalue weighted by Gasteiger charge is 2.53. The van der Waals surface area contributed by atoms with Crippen molar-refractivity contribution in [3.63, 3.8) is 0 Å². The molecule has 0 aromatic carbocycles. The van der Waals surface area contributed by atoms with E-state index in [2.05, 4.69) is 43.5 Å². The predicted molar refractivity (Wildman–Crippen MR) is 369 cm³/mol. The van der Waals surface area contributed by atoms with Crippen molar-refractivity contribution >= 4 is 5.91 Å². The highest BCUT2D eigenvalue weighted by molar-refractivity contribution is 5.76. The van der Waals surface area contributed by atoms with Crippen LogP contribution in [-0.2, 0) is 33.2 Å². The molecule has 0 radical (unpaired) electrons. The monoisotopic (exact) mass is 1340 g/mol. The van der Waals surface area contributed by atoms with E-state index in [0.717, 1.165) is 51.4 Å². The molecule has 12 N–H and O–H groups in total. The van der Waals surface area contributed by atoms with Crippen LogP contribution in [0.15, 0.2) is 36.5 Å². The summed E-state index contributed by atoms with van der Waals surface area (Å²) < 4.78 is 34.4. The zero-order valence-electron chi connectivity index (χ0n) is 58.7. The van der Waals surface area contributed by atoms with Gasteiger partial charge in [0.15, 0.2) is 18.9 Å². The van der Waals surface area contributed by atoms with Gasteiger partial charge in [-0.15, -0.1) is 0 Å². The van der Waals surface area contributed by atoms with Gasteiger partial charge in [-0.25, -0.2) is 0 Å². The zero-order valence-corrected chi connectivity index (χ0v) is 58.7. The van der Waals surface area contributed by atoms with E-state index in [1.807, 2.05) is 6.08 Å². The summed E-state index contributed by atoms with van der Waals surface area (Å²) in [7, 11) is 0. The highest BCUT2D eigenvalue weighted by Crippen LogP contribution is 2.33. The molecule has 552 valence electrons. The van der Waals surface area contributed by atoms with Crippen LogP contribution < -0.4 is 5.32 Å². The predicted octanol–water partition coefficient (Wildman–Crippen LogP) is 11.6. The lowest BCUT2D eigenvalue weighted by Crippen LogP contribution is -2.66. The second-order valence-electron chi connectivity index (χ2n) is 27.5. The summed E-state index contributed by atoms with van der Waals surface area (Å²) in [6.45, 7) is 1.74. The van der Waals surface area contributed by atoms with Crippen molar-refractivity contribution in [2.75, 3.05) is 26.4 Å². The topological polar surface area (TPSA) is 307 Å². The van der Waals surface area contributed by atoms with E-state index >= 15 is 0 Å². The molecular formula is C75H139NO18. The van der Waals surface area contributed by atoms with Crippen LogP contribution in [0.3, 0.4) is 0 Å². The molecule has 0 aliphatic carbocycles. The standard InChI is InChI=1S/C75H139NO18/c1-3-5-7-9-11-13-15-17-19-21-23-24-25-26-27-28-29-30-31-32-33-34-35-36-38-40-42-44-46-48-50-52-59(80)58(76-63(81)53-51-49-47-45-43-41-39-37-22-20-18-16-14-12-10-8-6-4-2)57-89-73-69(87)66(84)71(61(55-78)91-73)94-75-70(88)67(85)72(62(56-79)92-75)93-74-68(86)65(83)64(82)60(54-77)90-74/h20,22,42,44,50,52,58-62,64-75,77-80,82-88H,3-19,21,23-41,43,45-49,51,53-57H2,1-2H3,(H,76,81)/b22-20-,44-42+,52-50+. The van der Waals surface area contributed by atoms with Crippen molar-refractivity contribution in [1.82, 2.24) is 5.32 Å². The average molecular weight is 1340 g/mol. The van der Waals surface area contributed by atoms with Gasteiger partial charge >= 0.3 is 0 Å². The van der Waals surface area contributed by atoms with Crippen LogP contribution in [0.5, 0.6) is 0 Å². The van der Waals surface area contributed by atoms with Gasteiger partial charge in [-0.05, 0) is 57.8 Å². The van der Waals surface area contributed by atoms with Gasteiger partial charge in [-0.1, -0.05) is 275 Å². The normalized spacial score (nSPS) is 27.5. The second kappa shape index (κ2) is 56.7. The summed E-state index contributed by atoms with van der Waals surface area (Å²) in [5, 5.41) is 121. The molecule has 17 unspecified atom stereocenters. The van der Waals surface area contributed by atoms with Gasteiger partial charge in [0.1, 0.15) is 73.2 Å². The highest BCUT2D eigenvalue weighted by atomic mass is 16.8. The SMILES string of the molecule is CCCCCCCCC/C=C\CCCCCCCCCC(=O)NC(COC1OC(CO)C(OC2OC(CO)C(OC3OC(CO)C(O)C(O)C3O)C(O)C2O)C(O)C1O)C(O)/C=C/CC/C=C/CCCCCCCCCCCCCCCCCCCCCCCCCCC. The minimum Gasteiger partial charge on any atom is -0.394 e. The molecular weight excluding hydrogens is 1200 g/mol. The maximum absolute atomic E-state index is 13.4. The maximum Gasteiger partial charge on any atom is 0.220 e. The third kappa shape index (κ3) is 37.4. The van der Waals surface area contributed by atoms with Crippen molar-refractivity contribution in [1.29, 1.82) is 0 Å². The van der Waals surface area contributed by atoms with E-state index in [-0.39, 0.29) is 18.9 Å². The molecule has 94 heavy (non-hydrogen) atoms. The van der Waals surface area contributed by atoms with Crippen LogP contribution in [0.2, 0.25) is 0 Å². The summed E-state index contributed by atoms with van der Waals surface area (Å²) in [4.78, 5) is 13.4. The zero-order chi connectivity index (χ0) is 68.2. The molecule has 3 aliphatic rings. The molecule has 3 heterocycles. The Morgan fingerprint density at radius 3 is 1.06 bits per heavy atom. The first-order valence-corrected chi connectivity index (χ1v) is 38.2. The molecule has 0 saturated carbocycles. The first-order valence-electron chi connectivity index (χ1n) is 38.2. The van der Waals surface area contributed by atoms with Gasteiger partial charge in [0.05, 0.1) is 38.6 Å². The van der Waals surface area contributed by atoms with Crippen LogP contribution in [0, 0.1) is 0 Å². The van der Waals surface area contributed by atoms with Crippen molar-refractivity contribution in [2.45, 2.75) is 407 Å². The molecule has 0 bridgehead atoms. The Morgan fingerprint density at radius 1 is 0.372 bits per heavy atom. The number of aliphatic hydroxyl groups excluding tert-OH is 11. The second-order valence-corrected chi connectivity index (χ2v) is 27.5. The minimum atomic E-state index is -1.98. The summed E-state index contributed by atoms with van der Waals surface area (Å²) in [5.41, 5.74) is 0. The number of rotatable bonds is 60. The van der Waals surface area contributed by atoms with Crippen LogP contribution in [0.4, 0.5) is 0 Å². The number of unbranched alkanes of at least 4 members (excludes halogenated alkanes) is 40. The number of carbonyl (C=O) groups is 1. The van der Waals surface area contributed by atoms with E-state index in [1.54, 1.807) is 6.08 Å². The van der Waals surface area contributed by atoms with Crippen LogP contribution >= 0.6 is 0 Å².